The molecule has 1 aliphatic carbocycles. The van der Waals surface area contributed by atoms with Crippen molar-refractivity contribution >= 4 is 11.6 Å². The molecule has 1 aromatic carbocycles. The molecule has 0 heterocycles. The molecule has 3 heteroatoms. The molecule has 2 unspecified atom stereocenters. The Morgan fingerprint density at radius 2 is 2.14 bits per heavy atom. The summed E-state index contributed by atoms with van der Waals surface area (Å²) < 4.78 is 0. The Balaban J connectivity index is 2.09. The van der Waals surface area contributed by atoms with E-state index in [9.17, 15) is 5.11 Å². The molecule has 0 bridgehead atoms. The molecular formula is C18H28ClNO. The summed E-state index contributed by atoms with van der Waals surface area (Å²) in [6.45, 7) is 8.09. The second-order valence-corrected chi connectivity index (χ2v) is 7.45. The Hall–Kier alpha value is -0.570. The Morgan fingerprint density at radius 3 is 2.81 bits per heavy atom. The minimum Gasteiger partial charge on any atom is -0.396 e. The van der Waals surface area contributed by atoms with Crippen LogP contribution in [0.4, 0.5) is 0 Å². The number of rotatable bonds is 7. The van der Waals surface area contributed by atoms with E-state index >= 15 is 0 Å². The van der Waals surface area contributed by atoms with E-state index in [-0.39, 0.29) is 12.0 Å². The SMILES string of the molecule is CCCC(CCO)CNC1c2cc(Cl)ccc2CC1(C)C. The van der Waals surface area contributed by atoms with Crippen molar-refractivity contribution in [3.05, 3.63) is 34.3 Å². The number of halogens is 1. The smallest absolute Gasteiger partial charge is 0.0434 e. The molecule has 0 spiro atoms. The topological polar surface area (TPSA) is 32.3 Å². The van der Waals surface area contributed by atoms with Crippen LogP contribution in [0.5, 0.6) is 0 Å². The molecule has 0 aliphatic heterocycles. The fraction of sp³-hybridized carbons (Fsp3) is 0.667. The lowest BCUT2D eigenvalue weighted by Crippen LogP contribution is -2.34. The quantitative estimate of drug-likeness (QED) is 0.784. The molecule has 118 valence electrons. The third-order valence-corrected chi connectivity index (χ3v) is 4.93. The molecule has 0 amide bonds. The van der Waals surface area contributed by atoms with E-state index in [4.69, 9.17) is 11.6 Å². The van der Waals surface area contributed by atoms with Gasteiger partial charge in [0.05, 0.1) is 0 Å². The summed E-state index contributed by atoms with van der Waals surface area (Å²) in [4.78, 5) is 0. The molecule has 21 heavy (non-hydrogen) atoms. The minimum atomic E-state index is 0.211. The van der Waals surface area contributed by atoms with Crippen molar-refractivity contribution in [1.82, 2.24) is 5.32 Å². The van der Waals surface area contributed by atoms with Gasteiger partial charge in [0.15, 0.2) is 0 Å². The standard InChI is InChI=1S/C18H28ClNO/c1-4-5-13(8-9-21)12-20-17-16-10-15(19)7-6-14(16)11-18(17,2)3/h6-7,10,13,17,20-21H,4-5,8-9,11-12H2,1-3H3. The van der Waals surface area contributed by atoms with Crippen molar-refractivity contribution < 1.29 is 5.11 Å². The summed E-state index contributed by atoms with van der Waals surface area (Å²) >= 11 is 6.18. The normalized spacial score (nSPS) is 21.3. The first-order valence-corrected chi connectivity index (χ1v) is 8.48. The van der Waals surface area contributed by atoms with E-state index in [1.165, 1.54) is 24.0 Å². The predicted octanol–water partition coefficient (Wildman–Crippen LogP) is 4.35. The zero-order valence-electron chi connectivity index (χ0n) is 13.5. The van der Waals surface area contributed by atoms with Crippen LogP contribution in [0.25, 0.3) is 0 Å². The van der Waals surface area contributed by atoms with Crippen LogP contribution >= 0.6 is 11.6 Å². The second kappa shape index (κ2) is 7.13. The van der Waals surface area contributed by atoms with E-state index in [0.717, 1.165) is 24.4 Å². The van der Waals surface area contributed by atoms with E-state index in [1.807, 2.05) is 6.07 Å². The Bertz CT molecular complexity index is 466. The molecule has 2 N–H and O–H groups in total. The van der Waals surface area contributed by atoms with Crippen LogP contribution in [-0.4, -0.2) is 18.3 Å². The lowest BCUT2D eigenvalue weighted by molar-refractivity contribution is 0.223. The van der Waals surface area contributed by atoms with Crippen LogP contribution in [0.3, 0.4) is 0 Å². The van der Waals surface area contributed by atoms with Gasteiger partial charge in [-0.15, -0.1) is 0 Å². The predicted molar refractivity (Wildman–Crippen MR) is 89.8 cm³/mol. The van der Waals surface area contributed by atoms with Gasteiger partial charge in [0.25, 0.3) is 0 Å². The first-order valence-electron chi connectivity index (χ1n) is 8.10. The number of fused-ring (bicyclic) bond motifs is 1. The van der Waals surface area contributed by atoms with Crippen molar-refractivity contribution in [3.63, 3.8) is 0 Å². The van der Waals surface area contributed by atoms with Gasteiger partial charge in [-0.2, -0.15) is 0 Å². The fourth-order valence-electron chi connectivity index (χ4n) is 3.62. The summed E-state index contributed by atoms with van der Waals surface area (Å²) in [6.07, 6.45) is 4.32. The van der Waals surface area contributed by atoms with Gasteiger partial charge in [-0.25, -0.2) is 0 Å². The molecule has 2 rings (SSSR count). The van der Waals surface area contributed by atoms with E-state index in [0.29, 0.717) is 12.0 Å². The van der Waals surface area contributed by atoms with Gasteiger partial charge >= 0.3 is 0 Å². The number of nitrogens with one attached hydrogen (secondary N) is 1. The first-order chi connectivity index (χ1) is 9.97. The second-order valence-electron chi connectivity index (χ2n) is 7.02. The van der Waals surface area contributed by atoms with Gasteiger partial charge in [0.1, 0.15) is 0 Å². The van der Waals surface area contributed by atoms with Gasteiger partial charge in [-0.3, -0.25) is 0 Å². The molecule has 2 nitrogen and oxygen atoms in total. The van der Waals surface area contributed by atoms with Crippen LogP contribution in [0.1, 0.15) is 57.2 Å². The zero-order valence-corrected chi connectivity index (χ0v) is 14.2. The van der Waals surface area contributed by atoms with Crippen LogP contribution in [0.2, 0.25) is 5.02 Å². The Kier molecular flexibility index (Phi) is 5.70. The highest BCUT2D eigenvalue weighted by Gasteiger charge is 2.38. The van der Waals surface area contributed by atoms with Crippen LogP contribution in [-0.2, 0) is 6.42 Å². The van der Waals surface area contributed by atoms with Crippen LogP contribution in [0.15, 0.2) is 18.2 Å². The zero-order chi connectivity index (χ0) is 15.5. The maximum absolute atomic E-state index is 9.21. The van der Waals surface area contributed by atoms with Gasteiger partial charge < -0.3 is 10.4 Å². The van der Waals surface area contributed by atoms with E-state index in [1.54, 1.807) is 0 Å². The molecule has 0 saturated carbocycles. The number of hydrogen-bond acceptors (Lipinski definition) is 2. The summed E-state index contributed by atoms with van der Waals surface area (Å²) in [5.41, 5.74) is 2.98. The van der Waals surface area contributed by atoms with Gasteiger partial charge in [-0.1, -0.05) is 44.9 Å². The van der Waals surface area contributed by atoms with Crippen molar-refractivity contribution in [3.8, 4) is 0 Å². The lowest BCUT2D eigenvalue weighted by atomic mass is 9.85. The molecular weight excluding hydrogens is 282 g/mol. The summed E-state index contributed by atoms with van der Waals surface area (Å²) in [5, 5.41) is 13.8. The minimum absolute atomic E-state index is 0.211. The Labute approximate surface area is 133 Å². The largest absolute Gasteiger partial charge is 0.396 e. The van der Waals surface area contributed by atoms with Gasteiger partial charge in [0.2, 0.25) is 0 Å². The number of benzene rings is 1. The van der Waals surface area contributed by atoms with Gasteiger partial charge in [-0.05, 0) is 60.4 Å². The van der Waals surface area contributed by atoms with Crippen LogP contribution < -0.4 is 5.32 Å². The average Bonchev–Trinajstić information content (AvgIpc) is 2.66. The number of hydrogen-bond donors (Lipinski definition) is 2. The number of aliphatic hydroxyl groups excluding tert-OH is 1. The third-order valence-electron chi connectivity index (χ3n) is 4.69. The third kappa shape index (κ3) is 4.00. The summed E-state index contributed by atoms with van der Waals surface area (Å²) in [5.74, 6) is 0.555. The monoisotopic (exact) mass is 309 g/mol. The fourth-order valence-corrected chi connectivity index (χ4v) is 3.80. The molecule has 2 atom stereocenters. The van der Waals surface area contributed by atoms with Crippen LogP contribution in [0, 0.1) is 11.3 Å². The maximum Gasteiger partial charge on any atom is 0.0434 e. The molecule has 1 aromatic rings. The highest BCUT2D eigenvalue weighted by atomic mass is 35.5. The Morgan fingerprint density at radius 1 is 1.38 bits per heavy atom. The van der Waals surface area contributed by atoms with Crippen molar-refractivity contribution in [2.24, 2.45) is 11.3 Å². The summed E-state index contributed by atoms with van der Waals surface area (Å²) in [6, 6.07) is 6.62. The number of aliphatic hydroxyl groups is 1. The maximum atomic E-state index is 9.21. The molecule has 0 saturated heterocycles. The first kappa shape index (κ1) is 16.8. The van der Waals surface area contributed by atoms with E-state index in [2.05, 4.69) is 38.2 Å². The molecule has 0 aromatic heterocycles. The average molecular weight is 310 g/mol. The lowest BCUT2D eigenvalue weighted by Gasteiger charge is -2.30. The molecule has 1 aliphatic rings. The van der Waals surface area contributed by atoms with Crippen molar-refractivity contribution in [1.29, 1.82) is 0 Å². The molecule has 0 fully saturated rings. The van der Waals surface area contributed by atoms with Crippen molar-refractivity contribution in [2.75, 3.05) is 13.2 Å². The highest BCUT2D eigenvalue weighted by Crippen LogP contribution is 2.45. The van der Waals surface area contributed by atoms with E-state index < -0.39 is 0 Å². The highest BCUT2D eigenvalue weighted by molar-refractivity contribution is 6.30. The summed E-state index contributed by atoms with van der Waals surface area (Å²) in [7, 11) is 0. The molecule has 0 radical (unpaired) electrons. The van der Waals surface area contributed by atoms with Gasteiger partial charge in [0, 0.05) is 17.7 Å². The van der Waals surface area contributed by atoms with Crippen molar-refractivity contribution in [2.45, 2.75) is 52.5 Å².